The Hall–Kier alpha value is -1.07. The number of nitrogens with one attached hydrogen (secondary N) is 1. The molecule has 0 aliphatic heterocycles. The Kier molecular flexibility index (Phi) is 5.62. The van der Waals surface area contributed by atoms with Gasteiger partial charge in [-0.05, 0) is 32.0 Å². The summed E-state index contributed by atoms with van der Waals surface area (Å²) in [5.74, 6) is 0. The van der Waals surface area contributed by atoms with Crippen molar-refractivity contribution < 1.29 is 17.9 Å². The Bertz CT molecular complexity index is 365. The molecule has 0 saturated carbocycles. The average Bonchev–Trinajstić information content (AvgIpc) is 2.33. The molecule has 2 nitrogen and oxygen atoms in total. The Morgan fingerprint density at radius 3 is 2.61 bits per heavy atom. The number of alkyl halides is 3. The first kappa shape index (κ1) is 15.0. The van der Waals surface area contributed by atoms with Crippen molar-refractivity contribution in [1.82, 2.24) is 5.32 Å². The fourth-order valence-corrected chi connectivity index (χ4v) is 1.66. The van der Waals surface area contributed by atoms with Crippen LogP contribution in [0.15, 0.2) is 24.3 Å². The summed E-state index contributed by atoms with van der Waals surface area (Å²) in [4.78, 5) is 0. The van der Waals surface area contributed by atoms with Gasteiger partial charge in [0.25, 0.3) is 0 Å². The second-order valence-corrected chi connectivity index (χ2v) is 4.05. The molecule has 0 fully saturated rings. The molecule has 0 aliphatic rings. The van der Waals surface area contributed by atoms with Crippen molar-refractivity contribution in [1.29, 1.82) is 0 Å². The Labute approximate surface area is 105 Å². The van der Waals surface area contributed by atoms with Crippen LogP contribution in [-0.2, 0) is 17.3 Å². The van der Waals surface area contributed by atoms with Crippen LogP contribution in [-0.4, -0.2) is 26.3 Å². The Morgan fingerprint density at radius 2 is 2.06 bits per heavy atom. The predicted molar refractivity (Wildman–Crippen MR) is 64.5 cm³/mol. The maximum atomic E-state index is 12.5. The van der Waals surface area contributed by atoms with E-state index in [1.807, 2.05) is 6.92 Å². The van der Waals surface area contributed by atoms with Crippen LogP contribution in [0.25, 0.3) is 0 Å². The average molecular weight is 261 g/mol. The Morgan fingerprint density at radius 1 is 1.33 bits per heavy atom. The molecule has 1 aromatic carbocycles. The highest BCUT2D eigenvalue weighted by atomic mass is 19.4. The monoisotopic (exact) mass is 261 g/mol. The summed E-state index contributed by atoms with van der Waals surface area (Å²) < 4.78 is 42.9. The zero-order chi connectivity index (χ0) is 13.6. The van der Waals surface area contributed by atoms with Crippen molar-refractivity contribution in [2.75, 3.05) is 20.3 Å². The van der Waals surface area contributed by atoms with Gasteiger partial charge in [-0.1, -0.05) is 18.2 Å². The van der Waals surface area contributed by atoms with E-state index >= 15 is 0 Å². The maximum absolute atomic E-state index is 12.5. The van der Waals surface area contributed by atoms with Gasteiger partial charge in [-0.3, -0.25) is 0 Å². The van der Waals surface area contributed by atoms with E-state index in [0.717, 1.165) is 6.07 Å². The molecule has 1 atom stereocenters. The number of hydrogen-bond acceptors (Lipinski definition) is 2. The summed E-state index contributed by atoms with van der Waals surface area (Å²) in [6, 6.07) is 5.43. The van der Waals surface area contributed by atoms with Gasteiger partial charge in [-0.25, -0.2) is 0 Å². The molecular weight excluding hydrogens is 243 g/mol. The van der Waals surface area contributed by atoms with Crippen molar-refractivity contribution in [3.05, 3.63) is 35.4 Å². The predicted octanol–water partition coefficient (Wildman–Crippen LogP) is 2.87. The van der Waals surface area contributed by atoms with E-state index in [9.17, 15) is 13.2 Å². The van der Waals surface area contributed by atoms with E-state index in [2.05, 4.69) is 5.32 Å². The highest BCUT2D eigenvalue weighted by molar-refractivity contribution is 5.26. The van der Waals surface area contributed by atoms with Gasteiger partial charge < -0.3 is 10.1 Å². The minimum Gasteiger partial charge on any atom is -0.380 e. The van der Waals surface area contributed by atoms with Crippen LogP contribution in [0.2, 0.25) is 0 Å². The van der Waals surface area contributed by atoms with E-state index in [4.69, 9.17) is 4.74 Å². The van der Waals surface area contributed by atoms with Gasteiger partial charge in [0.15, 0.2) is 0 Å². The number of benzene rings is 1. The summed E-state index contributed by atoms with van der Waals surface area (Å²) in [7, 11) is 1.78. The first-order chi connectivity index (χ1) is 8.47. The lowest BCUT2D eigenvalue weighted by Crippen LogP contribution is -2.32. The third kappa shape index (κ3) is 4.66. The van der Waals surface area contributed by atoms with E-state index in [-0.39, 0.29) is 6.04 Å². The number of ether oxygens (including phenoxy) is 1. The highest BCUT2D eigenvalue weighted by Gasteiger charge is 2.30. The van der Waals surface area contributed by atoms with Gasteiger partial charge in [0.05, 0.1) is 12.2 Å². The first-order valence-electron chi connectivity index (χ1n) is 5.88. The SMILES string of the molecule is CCOCC(Cc1cccc(C(F)(F)F)c1)NC. The molecule has 0 aliphatic carbocycles. The number of halogens is 3. The molecule has 0 saturated heterocycles. The lowest BCUT2D eigenvalue weighted by Gasteiger charge is -2.16. The van der Waals surface area contributed by atoms with Crippen LogP contribution in [0.4, 0.5) is 13.2 Å². The summed E-state index contributed by atoms with van der Waals surface area (Å²) >= 11 is 0. The van der Waals surface area contributed by atoms with Gasteiger partial charge in [0, 0.05) is 12.6 Å². The first-order valence-corrected chi connectivity index (χ1v) is 5.88. The second-order valence-electron chi connectivity index (χ2n) is 4.05. The van der Waals surface area contributed by atoms with Crippen molar-refractivity contribution in [3.63, 3.8) is 0 Å². The molecule has 18 heavy (non-hydrogen) atoms. The molecule has 0 radical (unpaired) electrons. The largest absolute Gasteiger partial charge is 0.416 e. The van der Waals surface area contributed by atoms with Crippen LogP contribution in [0, 0.1) is 0 Å². The van der Waals surface area contributed by atoms with Crippen LogP contribution < -0.4 is 5.32 Å². The molecule has 0 amide bonds. The third-order valence-electron chi connectivity index (χ3n) is 2.67. The molecule has 1 rings (SSSR count). The number of rotatable bonds is 6. The van der Waals surface area contributed by atoms with Crippen molar-refractivity contribution in [3.8, 4) is 0 Å². The van der Waals surface area contributed by atoms with E-state index in [1.165, 1.54) is 12.1 Å². The lowest BCUT2D eigenvalue weighted by molar-refractivity contribution is -0.137. The smallest absolute Gasteiger partial charge is 0.380 e. The van der Waals surface area contributed by atoms with Gasteiger partial charge in [-0.2, -0.15) is 13.2 Å². The van der Waals surface area contributed by atoms with Gasteiger partial charge in [-0.15, -0.1) is 0 Å². The van der Waals surface area contributed by atoms with Crippen LogP contribution in [0.5, 0.6) is 0 Å². The van der Waals surface area contributed by atoms with Crippen LogP contribution in [0.1, 0.15) is 18.1 Å². The van der Waals surface area contributed by atoms with Crippen molar-refractivity contribution >= 4 is 0 Å². The van der Waals surface area contributed by atoms with Crippen LogP contribution >= 0.6 is 0 Å². The zero-order valence-corrected chi connectivity index (χ0v) is 10.6. The molecular formula is C13H18F3NO. The van der Waals surface area contributed by atoms with E-state index < -0.39 is 11.7 Å². The standard InChI is InChI=1S/C13H18F3NO/c1-3-18-9-12(17-2)8-10-5-4-6-11(7-10)13(14,15)16/h4-7,12,17H,3,8-9H2,1-2H3. The van der Waals surface area contributed by atoms with Gasteiger partial charge in [0.2, 0.25) is 0 Å². The molecule has 1 unspecified atom stereocenters. The minimum atomic E-state index is -4.29. The Balaban J connectivity index is 2.71. The summed E-state index contributed by atoms with van der Waals surface area (Å²) in [5, 5.41) is 3.04. The fraction of sp³-hybridized carbons (Fsp3) is 0.538. The lowest BCUT2D eigenvalue weighted by atomic mass is 10.0. The zero-order valence-electron chi connectivity index (χ0n) is 10.6. The quantitative estimate of drug-likeness (QED) is 0.850. The number of likely N-dealkylation sites (N-methyl/N-ethyl adjacent to an activating group) is 1. The second kappa shape index (κ2) is 6.75. The molecule has 1 aromatic rings. The topological polar surface area (TPSA) is 21.3 Å². The van der Waals surface area contributed by atoms with Crippen molar-refractivity contribution in [2.45, 2.75) is 25.6 Å². The molecule has 0 aromatic heterocycles. The molecule has 5 heteroatoms. The van der Waals surface area contributed by atoms with Crippen LogP contribution in [0.3, 0.4) is 0 Å². The molecule has 0 bridgehead atoms. The molecule has 0 spiro atoms. The molecule has 102 valence electrons. The van der Waals surface area contributed by atoms with Gasteiger partial charge in [0.1, 0.15) is 0 Å². The van der Waals surface area contributed by atoms with Crippen molar-refractivity contribution in [2.24, 2.45) is 0 Å². The minimum absolute atomic E-state index is 0.0217. The highest BCUT2D eigenvalue weighted by Crippen LogP contribution is 2.29. The maximum Gasteiger partial charge on any atom is 0.416 e. The summed E-state index contributed by atoms with van der Waals surface area (Å²) in [5.41, 5.74) is 0.0511. The molecule has 0 heterocycles. The fourth-order valence-electron chi connectivity index (χ4n) is 1.66. The third-order valence-corrected chi connectivity index (χ3v) is 2.67. The summed E-state index contributed by atoms with van der Waals surface area (Å²) in [6.07, 6.45) is -3.77. The van der Waals surface area contributed by atoms with Gasteiger partial charge >= 0.3 is 6.18 Å². The van der Waals surface area contributed by atoms with E-state index in [0.29, 0.717) is 25.2 Å². The summed E-state index contributed by atoms with van der Waals surface area (Å²) in [6.45, 7) is 2.97. The van der Waals surface area contributed by atoms with E-state index in [1.54, 1.807) is 13.1 Å². The normalized spacial score (nSPS) is 13.6. The number of hydrogen-bond donors (Lipinski definition) is 1. The molecule has 1 N–H and O–H groups in total.